The van der Waals surface area contributed by atoms with Gasteiger partial charge in [-0.1, -0.05) is 18.3 Å². The Hall–Kier alpha value is -1.51. The van der Waals surface area contributed by atoms with Gasteiger partial charge in [-0.2, -0.15) is 11.3 Å². The zero-order chi connectivity index (χ0) is 15.9. The van der Waals surface area contributed by atoms with Crippen LogP contribution >= 0.6 is 22.7 Å². The number of anilines is 1. The number of aromatic nitrogens is 2. The normalized spacial score (nSPS) is 13.6. The van der Waals surface area contributed by atoms with Crippen LogP contribution in [0, 0.1) is 5.92 Å². The van der Waals surface area contributed by atoms with Crippen LogP contribution in [0.1, 0.15) is 30.8 Å². The summed E-state index contributed by atoms with van der Waals surface area (Å²) in [5, 5.41) is 28.3. The lowest BCUT2D eigenvalue weighted by Gasteiger charge is -2.13. The smallest absolute Gasteiger partial charge is 0.321 e. The van der Waals surface area contributed by atoms with E-state index >= 15 is 0 Å². The third-order valence-electron chi connectivity index (χ3n) is 2.98. The molecule has 0 radical (unpaired) electrons. The Morgan fingerprint density at radius 2 is 2.23 bits per heavy atom. The third kappa shape index (κ3) is 5.70. The molecule has 2 amide bonds. The SMILES string of the molecule is C[C@@H](CNC(=O)Nc1nnc(Cc2ccsc2)s1)C[C@H](C)O. The number of carbonyl (C=O) groups excluding carboxylic acids is 1. The molecule has 0 fully saturated rings. The van der Waals surface area contributed by atoms with E-state index < -0.39 is 0 Å². The molecule has 2 heterocycles. The Morgan fingerprint density at radius 1 is 1.41 bits per heavy atom. The van der Waals surface area contributed by atoms with Crippen LogP contribution in [0.5, 0.6) is 0 Å². The second kappa shape index (κ2) is 8.21. The van der Waals surface area contributed by atoms with Crippen molar-refractivity contribution >= 4 is 33.8 Å². The van der Waals surface area contributed by atoms with Crippen molar-refractivity contribution in [2.24, 2.45) is 5.92 Å². The average Bonchev–Trinajstić information content (AvgIpc) is 3.08. The molecule has 0 saturated carbocycles. The molecule has 0 bridgehead atoms. The van der Waals surface area contributed by atoms with Gasteiger partial charge in [0.15, 0.2) is 0 Å². The van der Waals surface area contributed by atoms with E-state index in [1.165, 1.54) is 16.9 Å². The van der Waals surface area contributed by atoms with Gasteiger partial charge in [0.05, 0.1) is 6.10 Å². The molecule has 0 spiro atoms. The first-order chi connectivity index (χ1) is 10.5. The van der Waals surface area contributed by atoms with Crippen LogP contribution in [0.3, 0.4) is 0 Å². The molecular formula is C14H20N4O2S2. The predicted octanol–water partition coefficient (Wildman–Crippen LogP) is 2.72. The highest BCUT2D eigenvalue weighted by Crippen LogP contribution is 2.19. The van der Waals surface area contributed by atoms with Crippen molar-refractivity contribution in [2.75, 3.05) is 11.9 Å². The average molecular weight is 340 g/mol. The first-order valence-corrected chi connectivity index (χ1v) is 8.85. The Morgan fingerprint density at radius 3 is 2.91 bits per heavy atom. The van der Waals surface area contributed by atoms with E-state index in [0.717, 1.165) is 11.4 Å². The monoisotopic (exact) mass is 340 g/mol. The van der Waals surface area contributed by atoms with Crippen molar-refractivity contribution in [1.82, 2.24) is 15.5 Å². The highest BCUT2D eigenvalue weighted by Gasteiger charge is 2.11. The predicted molar refractivity (Wildman–Crippen MR) is 89.5 cm³/mol. The molecule has 2 aromatic heterocycles. The summed E-state index contributed by atoms with van der Waals surface area (Å²) in [5.41, 5.74) is 1.20. The minimum Gasteiger partial charge on any atom is -0.393 e. The van der Waals surface area contributed by atoms with E-state index in [-0.39, 0.29) is 18.1 Å². The van der Waals surface area contributed by atoms with E-state index in [4.69, 9.17) is 0 Å². The number of nitrogens with zero attached hydrogens (tertiary/aromatic N) is 2. The summed E-state index contributed by atoms with van der Waals surface area (Å²) >= 11 is 3.02. The molecule has 0 aromatic carbocycles. The lowest BCUT2D eigenvalue weighted by atomic mass is 10.1. The number of aliphatic hydroxyl groups is 1. The fourth-order valence-corrected chi connectivity index (χ4v) is 3.45. The van der Waals surface area contributed by atoms with Crippen LogP contribution in [0.4, 0.5) is 9.93 Å². The van der Waals surface area contributed by atoms with Gasteiger partial charge in [0.1, 0.15) is 5.01 Å². The van der Waals surface area contributed by atoms with Crippen molar-refractivity contribution in [1.29, 1.82) is 0 Å². The maximum Gasteiger partial charge on any atom is 0.321 e. The Bertz CT molecular complexity index is 583. The Kier molecular flexibility index (Phi) is 6.29. The van der Waals surface area contributed by atoms with Crippen molar-refractivity contribution < 1.29 is 9.90 Å². The van der Waals surface area contributed by atoms with Crippen LogP contribution < -0.4 is 10.6 Å². The largest absolute Gasteiger partial charge is 0.393 e. The van der Waals surface area contributed by atoms with Gasteiger partial charge in [-0.3, -0.25) is 5.32 Å². The number of amides is 2. The number of aliphatic hydroxyl groups excluding tert-OH is 1. The number of thiophene rings is 1. The van der Waals surface area contributed by atoms with Crippen LogP contribution in [0.25, 0.3) is 0 Å². The molecule has 0 aliphatic rings. The van der Waals surface area contributed by atoms with Gasteiger partial charge in [0.25, 0.3) is 0 Å². The van der Waals surface area contributed by atoms with E-state index in [0.29, 0.717) is 18.1 Å². The van der Waals surface area contributed by atoms with Crippen LogP contribution in [0.15, 0.2) is 16.8 Å². The number of hydrogen-bond donors (Lipinski definition) is 3. The molecule has 0 aliphatic carbocycles. The van der Waals surface area contributed by atoms with E-state index in [9.17, 15) is 9.90 Å². The van der Waals surface area contributed by atoms with Crippen LogP contribution in [0.2, 0.25) is 0 Å². The molecule has 6 nitrogen and oxygen atoms in total. The summed E-state index contributed by atoms with van der Waals surface area (Å²) < 4.78 is 0. The summed E-state index contributed by atoms with van der Waals surface area (Å²) in [6, 6.07) is 1.76. The number of rotatable bonds is 7. The van der Waals surface area contributed by atoms with Gasteiger partial charge in [-0.15, -0.1) is 10.2 Å². The molecule has 8 heteroatoms. The molecule has 22 heavy (non-hydrogen) atoms. The third-order valence-corrected chi connectivity index (χ3v) is 4.55. The minimum atomic E-state index is -0.359. The number of nitrogens with one attached hydrogen (secondary N) is 2. The molecule has 2 rings (SSSR count). The number of urea groups is 1. The minimum absolute atomic E-state index is 0.217. The first-order valence-electron chi connectivity index (χ1n) is 7.09. The highest BCUT2D eigenvalue weighted by molar-refractivity contribution is 7.15. The lowest BCUT2D eigenvalue weighted by Crippen LogP contribution is -2.33. The van der Waals surface area contributed by atoms with E-state index in [1.54, 1.807) is 18.3 Å². The maximum atomic E-state index is 11.8. The van der Waals surface area contributed by atoms with Gasteiger partial charge in [-0.05, 0) is 41.7 Å². The fraction of sp³-hybridized carbons (Fsp3) is 0.500. The molecule has 120 valence electrons. The van der Waals surface area contributed by atoms with Gasteiger partial charge in [0.2, 0.25) is 5.13 Å². The second-order valence-corrected chi connectivity index (χ2v) is 7.18. The number of carbonyl (C=O) groups is 1. The molecule has 0 aliphatic heterocycles. The van der Waals surface area contributed by atoms with E-state index in [2.05, 4.69) is 32.3 Å². The summed E-state index contributed by atoms with van der Waals surface area (Å²) in [7, 11) is 0. The maximum absolute atomic E-state index is 11.8. The zero-order valence-corrected chi connectivity index (χ0v) is 14.2. The summed E-state index contributed by atoms with van der Waals surface area (Å²) in [6.07, 6.45) is 1.03. The highest BCUT2D eigenvalue weighted by atomic mass is 32.1. The quantitative estimate of drug-likeness (QED) is 0.723. The Balaban J connectivity index is 1.76. The molecule has 3 N–H and O–H groups in total. The van der Waals surface area contributed by atoms with E-state index in [1.807, 2.05) is 12.3 Å². The van der Waals surface area contributed by atoms with Crippen molar-refractivity contribution in [2.45, 2.75) is 32.8 Å². The molecule has 2 aromatic rings. The van der Waals surface area contributed by atoms with Crippen LogP contribution in [-0.2, 0) is 6.42 Å². The topological polar surface area (TPSA) is 87.1 Å². The number of hydrogen-bond acceptors (Lipinski definition) is 6. The molecule has 2 atom stereocenters. The molecule has 0 unspecified atom stereocenters. The Labute approximate surface area is 137 Å². The van der Waals surface area contributed by atoms with Gasteiger partial charge >= 0.3 is 6.03 Å². The van der Waals surface area contributed by atoms with Gasteiger partial charge in [-0.25, -0.2) is 4.79 Å². The summed E-state index contributed by atoms with van der Waals surface area (Å²) in [5.74, 6) is 0.217. The standard InChI is InChI=1S/C14H20N4O2S2/c1-9(5-10(2)19)7-15-13(20)16-14-18-17-12(22-14)6-11-3-4-21-8-11/h3-4,8-10,19H,5-7H2,1-2H3,(H2,15,16,18,20)/t9-,10+/m1/s1. The molecule has 0 saturated heterocycles. The van der Waals surface area contributed by atoms with Gasteiger partial charge < -0.3 is 10.4 Å². The first kappa shape index (κ1) is 16.9. The zero-order valence-electron chi connectivity index (χ0n) is 12.6. The summed E-state index contributed by atoms with van der Waals surface area (Å²) in [4.78, 5) is 11.8. The van der Waals surface area contributed by atoms with Crippen molar-refractivity contribution in [3.63, 3.8) is 0 Å². The second-order valence-electron chi connectivity index (χ2n) is 5.33. The lowest BCUT2D eigenvalue weighted by molar-refractivity contribution is 0.163. The fourth-order valence-electron chi connectivity index (χ4n) is 2.02. The van der Waals surface area contributed by atoms with Crippen molar-refractivity contribution in [3.05, 3.63) is 27.4 Å². The van der Waals surface area contributed by atoms with Crippen molar-refractivity contribution in [3.8, 4) is 0 Å². The van der Waals surface area contributed by atoms with Gasteiger partial charge in [0, 0.05) is 13.0 Å². The summed E-state index contributed by atoms with van der Waals surface area (Å²) in [6.45, 7) is 4.24. The molecular weight excluding hydrogens is 320 g/mol. The van der Waals surface area contributed by atoms with Crippen LogP contribution in [-0.4, -0.2) is 34.0 Å².